The lowest BCUT2D eigenvalue weighted by molar-refractivity contribution is -0.118. The SMILES string of the molecule is CC(=O)Nc1cc(NC(=O)COc2ccc(Cl)c3cccnc23)ccc1F. The Morgan fingerprint density at radius 2 is 2.00 bits per heavy atom. The maximum Gasteiger partial charge on any atom is 0.262 e. The van der Waals surface area contributed by atoms with E-state index in [1.807, 2.05) is 0 Å². The topological polar surface area (TPSA) is 80.3 Å². The minimum atomic E-state index is -0.599. The summed E-state index contributed by atoms with van der Waals surface area (Å²) in [7, 11) is 0. The first kappa shape index (κ1) is 18.6. The van der Waals surface area contributed by atoms with Crippen molar-refractivity contribution in [1.29, 1.82) is 0 Å². The van der Waals surface area contributed by atoms with E-state index in [4.69, 9.17) is 16.3 Å². The van der Waals surface area contributed by atoms with Crippen molar-refractivity contribution in [3.8, 4) is 5.75 Å². The van der Waals surface area contributed by atoms with E-state index in [1.165, 1.54) is 19.1 Å². The van der Waals surface area contributed by atoms with Crippen LogP contribution in [-0.4, -0.2) is 23.4 Å². The van der Waals surface area contributed by atoms with Gasteiger partial charge < -0.3 is 15.4 Å². The molecule has 0 saturated heterocycles. The Bertz CT molecular complexity index is 1030. The number of pyridine rings is 1. The van der Waals surface area contributed by atoms with Crippen molar-refractivity contribution in [3.63, 3.8) is 0 Å². The second-order valence-electron chi connectivity index (χ2n) is 5.66. The molecule has 0 aliphatic rings. The van der Waals surface area contributed by atoms with Gasteiger partial charge in [-0.2, -0.15) is 0 Å². The van der Waals surface area contributed by atoms with Crippen LogP contribution >= 0.6 is 11.6 Å². The second kappa shape index (κ2) is 8.01. The number of aromatic nitrogens is 1. The van der Waals surface area contributed by atoms with Crippen LogP contribution in [0.2, 0.25) is 5.02 Å². The van der Waals surface area contributed by atoms with Crippen LogP contribution in [0.5, 0.6) is 5.75 Å². The third-order valence-corrected chi connectivity index (χ3v) is 3.93. The Balaban J connectivity index is 1.69. The average Bonchev–Trinajstić information content (AvgIpc) is 2.64. The van der Waals surface area contributed by atoms with Crippen molar-refractivity contribution in [2.45, 2.75) is 6.92 Å². The minimum Gasteiger partial charge on any atom is -0.481 e. The number of benzene rings is 2. The summed E-state index contributed by atoms with van der Waals surface area (Å²) >= 11 is 6.13. The van der Waals surface area contributed by atoms with E-state index in [0.29, 0.717) is 22.0 Å². The molecule has 3 aromatic rings. The number of fused-ring (bicyclic) bond motifs is 1. The number of hydrogen-bond donors (Lipinski definition) is 2. The van der Waals surface area contributed by atoms with Gasteiger partial charge in [-0.05, 0) is 42.5 Å². The van der Waals surface area contributed by atoms with Gasteiger partial charge in [0.2, 0.25) is 5.91 Å². The molecule has 0 aliphatic heterocycles. The molecule has 0 bridgehead atoms. The van der Waals surface area contributed by atoms with Crippen LogP contribution in [0.3, 0.4) is 0 Å². The lowest BCUT2D eigenvalue weighted by Gasteiger charge is -2.11. The lowest BCUT2D eigenvalue weighted by Crippen LogP contribution is -2.20. The zero-order valence-electron chi connectivity index (χ0n) is 14.3. The van der Waals surface area contributed by atoms with Gasteiger partial charge in [-0.3, -0.25) is 14.6 Å². The van der Waals surface area contributed by atoms with Crippen LogP contribution < -0.4 is 15.4 Å². The Morgan fingerprint density at radius 3 is 2.78 bits per heavy atom. The molecule has 0 radical (unpaired) electrons. The van der Waals surface area contributed by atoms with E-state index in [0.717, 1.165) is 11.5 Å². The van der Waals surface area contributed by atoms with Crippen molar-refractivity contribution in [3.05, 3.63) is 59.5 Å². The molecule has 0 spiro atoms. The van der Waals surface area contributed by atoms with E-state index < -0.39 is 17.6 Å². The zero-order chi connectivity index (χ0) is 19.4. The number of rotatable bonds is 5. The van der Waals surface area contributed by atoms with Crippen molar-refractivity contribution in [2.75, 3.05) is 17.2 Å². The fourth-order valence-electron chi connectivity index (χ4n) is 2.46. The monoisotopic (exact) mass is 387 g/mol. The van der Waals surface area contributed by atoms with E-state index in [-0.39, 0.29) is 12.3 Å². The van der Waals surface area contributed by atoms with E-state index >= 15 is 0 Å². The molecule has 2 aromatic carbocycles. The number of carbonyl (C=O) groups is 2. The van der Waals surface area contributed by atoms with Crippen LogP contribution in [0.1, 0.15) is 6.92 Å². The van der Waals surface area contributed by atoms with Crippen LogP contribution in [0.15, 0.2) is 48.7 Å². The molecule has 0 aliphatic carbocycles. The molecular weight excluding hydrogens is 373 g/mol. The number of ether oxygens (including phenoxy) is 1. The third kappa shape index (κ3) is 4.51. The highest BCUT2D eigenvalue weighted by molar-refractivity contribution is 6.35. The van der Waals surface area contributed by atoms with Crippen LogP contribution in [0.4, 0.5) is 15.8 Å². The van der Waals surface area contributed by atoms with Crippen molar-refractivity contribution < 1.29 is 18.7 Å². The molecular formula is C19H15ClFN3O3. The van der Waals surface area contributed by atoms with Crippen LogP contribution in [0, 0.1) is 5.82 Å². The Kier molecular flexibility index (Phi) is 5.52. The number of carbonyl (C=O) groups excluding carboxylic acids is 2. The van der Waals surface area contributed by atoms with Crippen molar-refractivity contribution in [2.24, 2.45) is 0 Å². The summed E-state index contributed by atoms with van der Waals surface area (Å²) in [6, 6.07) is 10.7. The number of amides is 2. The third-order valence-electron chi connectivity index (χ3n) is 3.60. The van der Waals surface area contributed by atoms with Crippen molar-refractivity contribution >= 4 is 45.7 Å². The molecule has 27 heavy (non-hydrogen) atoms. The fourth-order valence-corrected chi connectivity index (χ4v) is 2.67. The predicted molar refractivity (Wildman–Crippen MR) is 102 cm³/mol. The highest BCUT2D eigenvalue weighted by Crippen LogP contribution is 2.29. The zero-order valence-corrected chi connectivity index (χ0v) is 15.0. The molecule has 1 aromatic heterocycles. The molecule has 2 N–H and O–H groups in total. The number of nitrogens with zero attached hydrogens (tertiary/aromatic N) is 1. The van der Waals surface area contributed by atoms with Gasteiger partial charge in [0, 0.05) is 24.2 Å². The lowest BCUT2D eigenvalue weighted by atomic mass is 10.2. The largest absolute Gasteiger partial charge is 0.481 e. The number of anilines is 2. The van der Waals surface area contributed by atoms with Gasteiger partial charge in [-0.15, -0.1) is 0 Å². The fraction of sp³-hybridized carbons (Fsp3) is 0.105. The summed E-state index contributed by atoms with van der Waals surface area (Å²) in [5.41, 5.74) is 0.856. The molecule has 0 saturated carbocycles. The molecule has 0 atom stereocenters. The van der Waals surface area contributed by atoms with Gasteiger partial charge >= 0.3 is 0 Å². The summed E-state index contributed by atoms with van der Waals surface area (Å²) < 4.78 is 19.2. The summed E-state index contributed by atoms with van der Waals surface area (Å²) in [4.78, 5) is 27.5. The molecule has 1 heterocycles. The molecule has 8 heteroatoms. The first-order valence-electron chi connectivity index (χ1n) is 7.97. The molecule has 3 rings (SSSR count). The molecule has 0 fully saturated rings. The maximum absolute atomic E-state index is 13.6. The highest BCUT2D eigenvalue weighted by atomic mass is 35.5. The molecule has 138 valence electrons. The maximum atomic E-state index is 13.6. The number of halogens is 2. The smallest absolute Gasteiger partial charge is 0.262 e. The Morgan fingerprint density at radius 1 is 1.19 bits per heavy atom. The van der Waals surface area contributed by atoms with Gasteiger partial charge in [0.05, 0.1) is 10.7 Å². The van der Waals surface area contributed by atoms with E-state index in [2.05, 4.69) is 15.6 Å². The summed E-state index contributed by atoms with van der Waals surface area (Å²) in [6.07, 6.45) is 1.60. The first-order chi connectivity index (χ1) is 12.9. The van der Waals surface area contributed by atoms with Gasteiger partial charge in [0.15, 0.2) is 6.61 Å². The highest BCUT2D eigenvalue weighted by Gasteiger charge is 2.11. The standard InChI is InChI=1S/C19H15ClFN3O3/c1-11(25)23-16-9-12(4-6-15(16)21)24-18(26)10-27-17-7-5-14(20)13-3-2-8-22-19(13)17/h2-9H,10H2,1H3,(H,23,25)(H,24,26). The minimum absolute atomic E-state index is 0.0193. The van der Waals surface area contributed by atoms with Crippen molar-refractivity contribution in [1.82, 2.24) is 4.98 Å². The van der Waals surface area contributed by atoms with Gasteiger partial charge in [-0.25, -0.2) is 4.39 Å². The molecule has 6 nitrogen and oxygen atoms in total. The van der Waals surface area contributed by atoms with E-state index in [9.17, 15) is 14.0 Å². The normalized spacial score (nSPS) is 10.5. The summed E-state index contributed by atoms with van der Waals surface area (Å²) in [5, 5.41) is 6.19. The number of nitrogens with one attached hydrogen (secondary N) is 2. The average molecular weight is 388 g/mol. The molecule has 0 unspecified atom stereocenters. The van der Waals surface area contributed by atoms with Gasteiger partial charge in [-0.1, -0.05) is 11.6 Å². The quantitative estimate of drug-likeness (QED) is 0.693. The Hall–Kier alpha value is -3.19. The number of hydrogen-bond acceptors (Lipinski definition) is 4. The first-order valence-corrected chi connectivity index (χ1v) is 8.35. The van der Waals surface area contributed by atoms with Gasteiger partial charge in [0.25, 0.3) is 5.91 Å². The Labute approximate surface area is 159 Å². The second-order valence-corrected chi connectivity index (χ2v) is 6.06. The molecule has 2 amide bonds. The van der Waals surface area contributed by atoms with E-state index in [1.54, 1.807) is 30.5 Å². The predicted octanol–water partition coefficient (Wildman–Crippen LogP) is 4.00. The van der Waals surface area contributed by atoms with Crippen LogP contribution in [-0.2, 0) is 9.59 Å². The van der Waals surface area contributed by atoms with Gasteiger partial charge in [0.1, 0.15) is 17.1 Å². The summed E-state index contributed by atoms with van der Waals surface area (Å²) in [6.45, 7) is 0.989. The summed E-state index contributed by atoms with van der Waals surface area (Å²) in [5.74, 6) is -1.04. The van der Waals surface area contributed by atoms with Crippen LogP contribution in [0.25, 0.3) is 10.9 Å².